The van der Waals surface area contributed by atoms with E-state index in [1.165, 1.54) is 0 Å². The van der Waals surface area contributed by atoms with Crippen molar-refractivity contribution in [2.24, 2.45) is 0 Å². The van der Waals surface area contributed by atoms with Crippen molar-refractivity contribution in [3.05, 3.63) is 0 Å². The van der Waals surface area contributed by atoms with Crippen molar-refractivity contribution < 1.29 is 4.74 Å². The van der Waals surface area contributed by atoms with E-state index in [0.29, 0.717) is 12.1 Å². The van der Waals surface area contributed by atoms with Gasteiger partial charge < -0.3 is 10.1 Å². The van der Waals surface area contributed by atoms with E-state index in [9.17, 15) is 0 Å². The van der Waals surface area contributed by atoms with Crippen molar-refractivity contribution in [1.82, 2.24) is 5.32 Å². The SMILES string of the molecule is COC1CC(C)NC(C)(C)C1. The maximum atomic E-state index is 5.36. The second-order valence-corrected chi connectivity index (χ2v) is 4.23. The molecule has 1 N–H and O–H groups in total. The van der Waals surface area contributed by atoms with Crippen molar-refractivity contribution in [1.29, 1.82) is 0 Å². The Bertz CT molecular complexity index is 134. The number of nitrogens with one attached hydrogen (secondary N) is 1. The third-order valence-electron chi connectivity index (χ3n) is 2.32. The van der Waals surface area contributed by atoms with Crippen LogP contribution in [0, 0.1) is 0 Å². The van der Waals surface area contributed by atoms with Crippen LogP contribution in [-0.4, -0.2) is 24.8 Å². The maximum absolute atomic E-state index is 5.36. The molecule has 1 rings (SSSR count). The zero-order chi connectivity index (χ0) is 8.48. The van der Waals surface area contributed by atoms with Gasteiger partial charge in [0.25, 0.3) is 0 Å². The molecule has 66 valence electrons. The fraction of sp³-hybridized carbons (Fsp3) is 1.00. The van der Waals surface area contributed by atoms with Crippen LogP contribution in [0.3, 0.4) is 0 Å². The minimum absolute atomic E-state index is 0.248. The molecular weight excluding hydrogens is 138 g/mol. The van der Waals surface area contributed by atoms with E-state index in [1.807, 2.05) is 0 Å². The van der Waals surface area contributed by atoms with Gasteiger partial charge in [-0.3, -0.25) is 0 Å². The van der Waals surface area contributed by atoms with Crippen molar-refractivity contribution >= 4 is 0 Å². The molecule has 2 nitrogen and oxygen atoms in total. The Morgan fingerprint density at radius 3 is 2.55 bits per heavy atom. The predicted octanol–water partition coefficient (Wildman–Crippen LogP) is 1.55. The highest BCUT2D eigenvalue weighted by atomic mass is 16.5. The molecule has 1 aliphatic rings. The number of methoxy groups -OCH3 is 1. The van der Waals surface area contributed by atoms with Crippen molar-refractivity contribution in [2.45, 2.75) is 51.3 Å². The molecule has 2 unspecified atom stereocenters. The van der Waals surface area contributed by atoms with Gasteiger partial charge in [-0.25, -0.2) is 0 Å². The molecule has 1 saturated heterocycles. The molecule has 1 heterocycles. The Balaban J connectivity index is 2.51. The van der Waals surface area contributed by atoms with E-state index >= 15 is 0 Å². The second kappa shape index (κ2) is 3.11. The second-order valence-electron chi connectivity index (χ2n) is 4.23. The zero-order valence-corrected chi connectivity index (χ0v) is 7.98. The Morgan fingerprint density at radius 2 is 2.09 bits per heavy atom. The third kappa shape index (κ3) is 2.46. The molecule has 2 atom stereocenters. The lowest BCUT2D eigenvalue weighted by atomic mass is 9.88. The predicted molar refractivity (Wildman–Crippen MR) is 46.7 cm³/mol. The lowest BCUT2D eigenvalue weighted by Gasteiger charge is -2.39. The van der Waals surface area contributed by atoms with Crippen LogP contribution in [0.1, 0.15) is 33.6 Å². The normalized spacial score (nSPS) is 37.1. The highest BCUT2D eigenvalue weighted by Crippen LogP contribution is 2.23. The van der Waals surface area contributed by atoms with Gasteiger partial charge in [-0.05, 0) is 33.6 Å². The average Bonchev–Trinajstić information content (AvgIpc) is 1.83. The van der Waals surface area contributed by atoms with Crippen LogP contribution in [0.4, 0.5) is 0 Å². The summed E-state index contributed by atoms with van der Waals surface area (Å²) in [4.78, 5) is 0. The van der Waals surface area contributed by atoms with Gasteiger partial charge in [0.15, 0.2) is 0 Å². The summed E-state index contributed by atoms with van der Waals surface area (Å²) < 4.78 is 5.36. The van der Waals surface area contributed by atoms with Crippen LogP contribution < -0.4 is 5.32 Å². The molecule has 0 aliphatic carbocycles. The van der Waals surface area contributed by atoms with Crippen molar-refractivity contribution in [3.63, 3.8) is 0 Å². The molecule has 1 aliphatic heterocycles. The fourth-order valence-corrected chi connectivity index (χ4v) is 2.01. The van der Waals surface area contributed by atoms with Gasteiger partial charge in [-0.15, -0.1) is 0 Å². The lowest BCUT2D eigenvalue weighted by molar-refractivity contribution is 0.0297. The summed E-state index contributed by atoms with van der Waals surface area (Å²) in [6.07, 6.45) is 2.70. The number of hydrogen-bond acceptors (Lipinski definition) is 2. The molecule has 11 heavy (non-hydrogen) atoms. The van der Waals surface area contributed by atoms with E-state index in [2.05, 4.69) is 26.1 Å². The summed E-state index contributed by atoms with van der Waals surface area (Å²) in [7, 11) is 1.80. The summed E-state index contributed by atoms with van der Waals surface area (Å²) in [6, 6.07) is 0.587. The molecule has 0 spiro atoms. The average molecular weight is 157 g/mol. The first-order valence-corrected chi connectivity index (χ1v) is 4.34. The molecule has 0 saturated carbocycles. The van der Waals surface area contributed by atoms with Crippen LogP contribution in [0.15, 0.2) is 0 Å². The number of ether oxygens (including phenoxy) is 1. The van der Waals surface area contributed by atoms with Gasteiger partial charge in [-0.2, -0.15) is 0 Å². The largest absolute Gasteiger partial charge is 0.381 e. The Labute approximate surface area is 69.3 Å². The number of hydrogen-bond donors (Lipinski definition) is 1. The first kappa shape index (κ1) is 9.01. The summed E-state index contributed by atoms with van der Waals surface area (Å²) in [5.41, 5.74) is 0.248. The Morgan fingerprint density at radius 1 is 1.45 bits per heavy atom. The van der Waals surface area contributed by atoms with Crippen molar-refractivity contribution in [2.75, 3.05) is 7.11 Å². The zero-order valence-electron chi connectivity index (χ0n) is 7.98. The Hall–Kier alpha value is -0.0800. The van der Waals surface area contributed by atoms with Gasteiger partial charge >= 0.3 is 0 Å². The van der Waals surface area contributed by atoms with E-state index in [0.717, 1.165) is 12.8 Å². The van der Waals surface area contributed by atoms with E-state index < -0.39 is 0 Å². The topological polar surface area (TPSA) is 21.3 Å². The third-order valence-corrected chi connectivity index (χ3v) is 2.32. The van der Waals surface area contributed by atoms with Gasteiger partial charge in [0.05, 0.1) is 6.10 Å². The minimum atomic E-state index is 0.248. The van der Waals surface area contributed by atoms with Gasteiger partial charge in [0.2, 0.25) is 0 Å². The summed E-state index contributed by atoms with van der Waals surface area (Å²) in [5, 5.41) is 3.54. The quantitative estimate of drug-likeness (QED) is 0.623. The summed E-state index contributed by atoms with van der Waals surface area (Å²) >= 11 is 0. The van der Waals surface area contributed by atoms with Crippen LogP contribution in [0.25, 0.3) is 0 Å². The van der Waals surface area contributed by atoms with Crippen LogP contribution in [0.2, 0.25) is 0 Å². The fourth-order valence-electron chi connectivity index (χ4n) is 2.01. The van der Waals surface area contributed by atoms with E-state index in [4.69, 9.17) is 4.74 Å². The molecule has 0 amide bonds. The number of piperidine rings is 1. The van der Waals surface area contributed by atoms with Crippen LogP contribution in [-0.2, 0) is 4.74 Å². The summed E-state index contributed by atoms with van der Waals surface area (Å²) in [6.45, 7) is 6.68. The Kier molecular flexibility index (Phi) is 2.55. The first-order chi connectivity index (χ1) is 5.03. The molecule has 1 fully saturated rings. The highest BCUT2D eigenvalue weighted by molar-refractivity contribution is 4.90. The van der Waals surface area contributed by atoms with E-state index in [1.54, 1.807) is 7.11 Å². The summed E-state index contributed by atoms with van der Waals surface area (Å²) in [5.74, 6) is 0. The van der Waals surface area contributed by atoms with E-state index in [-0.39, 0.29) is 5.54 Å². The monoisotopic (exact) mass is 157 g/mol. The highest BCUT2D eigenvalue weighted by Gasteiger charge is 2.30. The van der Waals surface area contributed by atoms with Gasteiger partial charge in [0.1, 0.15) is 0 Å². The molecule has 0 aromatic heterocycles. The molecule has 0 bridgehead atoms. The van der Waals surface area contributed by atoms with Crippen LogP contribution in [0.5, 0.6) is 0 Å². The lowest BCUT2D eigenvalue weighted by Crippen LogP contribution is -2.53. The van der Waals surface area contributed by atoms with Gasteiger partial charge in [-0.1, -0.05) is 0 Å². The van der Waals surface area contributed by atoms with Crippen molar-refractivity contribution in [3.8, 4) is 0 Å². The first-order valence-electron chi connectivity index (χ1n) is 4.34. The molecule has 0 aromatic carbocycles. The maximum Gasteiger partial charge on any atom is 0.0603 e. The standard InChI is InChI=1S/C9H19NO/c1-7-5-8(11-4)6-9(2,3)10-7/h7-8,10H,5-6H2,1-4H3. The van der Waals surface area contributed by atoms with Gasteiger partial charge in [0, 0.05) is 18.7 Å². The molecule has 0 radical (unpaired) electrons. The minimum Gasteiger partial charge on any atom is -0.381 e. The molecular formula is C9H19NO. The number of rotatable bonds is 1. The molecule has 0 aromatic rings. The smallest absolute Gasteiger partial charge is 0.0603 e. The molecule has 2 heteroatoms. The van der Waals surface area contributed by atoms with Crippen LogP contribution >= 0.6 is 0 Å².